The normalized spacial score (nSPS) is 20.6. The summed E-state index contributed by atoms with van der Waals surface area (Å²) in [7, 11) is 0. The Morgan fingerprint density at radius 2 is 1.70 bits per heavy atom. The smallest absolute Gasteiger partial charge is 0.260 e. The maximum Gasteiger partial charge on any atom is 0.260 e. The van der Waals surface area contributed by atoms with Gasteiger partial charge in [-0.2, -0.15) is 0 Å². The molecule has 1 unspecified atom stereocenters. The Balaban J connectivity index is 1.43. The van der Waals surface area contributed by atoms with Crippen LogP contribution in [0.1, 0.15) is 39.2 Å². The van der Waals surface area contributed by atoms with E-state index in [2.05, 4.69) is 20.8 Å². The third kappa shape index (κ3) is 5.01. The summed E-state index contributed by atoms with van der Waals surface area (Å²) >= 11 is 0. The van der Waals surface area contributed by atoms with E-state index in [-0.39, 0.29) is 29.9 Å². The summed E-state index contributed by atoms with van der Waals surface area (Å²) < 4.78 is 11.1. The van der Waals surface area contributed by atoms with Crippen molar-refractivity contribution in [2.24, 2.45) is 0 Å². The lowest BCUT2D eigenvalue weighted by atomic mass is 9.87. The molecular formula is C21H30N2O4. The van der Waals surface area contributed by atoms with Gasteiger partial charge in [0.2, 0.25) is 0 Å². The van der Waals surface area contributed by atoms with Crippen molar-refractivity contribution in [3.63, 3.8) is 0 Å². The average molecular weight is 374 g/mol. The average Bonchev–Trinajstić information content (AvgIpc) is 3.20. The molecule has 0 bridgehead atoms. The monoisotopic (exact) mass is 374 g/mol. The molecule has 27 heavy (non-hydrogen) atoms. The highest BCUT2D eigenvalue weighted by Crippen LogP contribution is 2.24. The largest absolute Gasteiger partial charge is 0.484 e. The number of carbonyl (C=O) groups excluding carboxylic acids is 2. The molecule has 0 aliphatic carbocycles. The Bertz CT molecular complexity index is 652. The van der Waals surface area contributed by atoms with Gasteiger partial charge in [0, 0.05) is 32.8 Å². The molecule has 0 N–H and O–H groups in total. The maximum atomic E-state index is 12.4. The van der Waals surface area contributed by atoms with Crippen molar-refractivity contribution in [1.82, 2.24) is 9.80 Å². The van der Waals surface area contributed by atoms with Gasteiger partial charge in [0.1, 0.15) is 11.9 Å². The molecule has 1 aromatic carbocycles. The number of amides is 2. The van der Waals surface area contributed by atoms with Crippen LogP contribution in [-0.2, 0) is 19.7 Å². The molecule has 2 fully saturated rings. The standard InChI is InChI=1S/C21H30N2O4/c1-21(2,3)16-6-8-17(9-7-16)27-15-19(24)22-10-12-23(13-11-22)20(25)18-5-4-14-26-18/h6-9,18H,4-5,10-15H2,1-3H3. The number of rotatable bonds is 4. The molecule has 2 aliphatic rings. The van der Waals surface area contributed by atoms with Crippen LogP contribution in [0.25, 0.3) is 0 Å². The van der Waals surface area contributed by atoms with Gasteiger partial charge in [-0.3, -0.25) is 9.59 Å². The highest BCUT2D eigenvalue weighted by atomic mass is 16.5. The van der Waals surface area contributed by atoms with E-state index in [9.17, 15) is 9.59 Å². The van der Waals surface area contributed by atoms with Crippen LogP contribution in [0, 0.1) is 0 Å². The molecule has 0 radical (unpaired) electrons. The summed E-state index contributed by atoms with van der Waals surface area (Å²) in [5.41, 5.74) is 1.32. The predicted octanol–water partition coefficient (Wildman–Crippen LogP) is 2.21. The van der Waals surface area contributed by atoms with Gasteiger partial charge in [0.15, 0.2) is 6.61 Å². The first kappa shape index (κ1) is 19.7. The quantitative estimate of drug-likeness (QED) is 0.811. The summed E-state index contributed by atoms with van der Waals surface area (Å²) in [6, 6.07) is 7.89. The van der Waals surface area contributed by atoms with E-state index < -0.39 is 0 Å². The van der Waals surface area contributed by atoms with Crippen LogP contribution >= 0.6 is 0 Å². The Labute approximate surface area is 161 Å². The number of hydrogen-bond donors (Lipinski definition) is 0. The Kier molecular flexibility index (Phi) is 6.05. The van der Waals surface area contributed by atoms with Crippen LogP contribution in [0.2, 0.25) is 0 Å². The molecular weight excluding hydrogens is 344 g/mol. The third-order valence-corrected chi connectivity index (χ3v) is 5.23. The summed E-state index contributed by atoms with van der Waals surface area (Å²) in [6.45, 7) is 9.39. The minimum absolute atomic E-state index is 0.0224. The first-order valence-corrected chi connectivity index (χ1v) is 9.76. The second kappa shape index (κ2) is 8.30. The van der Waals surface area contributed by atoms with Crippen molar-refractivity contribution in [3.05, 3.63) is 29.8 Å². The van der Waals surface area contributed by atoms with Gasteiger partial charge in [-0.25, -0.2) is 0 Å². The van der Waals surface area contributed by atoms with Gasteiger partial charge in [-0.1, -0.05) is 32.9 Å². The van der Waals surface area contributed by atoms with E-state index in [4.69, 9.17) is 9.47 Å². The lowest BCUT2D eigenvalue weighted by Gasteiger charge is -2.35. The van der Waals surface area contributed by atoms with Crippen LogP contribution in [0.3, 0.4) is 0 Å². The van der Waals surface area contributed by atoms with Crippen LogP contribution in [-0.4, -0.2) is 67.1 Å². The fourth-order valence-corrected chi connectivity index (χ4v) is 3.44. The van der Waals surface area contributed by atoms with Gasteiger partial charge >= 0.3 is 0 Å². The molecule has 0 spiro atoms. The number of ether oxygens (including phenoxy) is 2. The topological polar surface area (TPSA) is 59.1 Å². The zero-order valence-corrected chi connectivity index (χ0v) is 16.6. The van der Waals surface area contributed by atoms with E-state index in [1.165, 1.54) is 5.56 Å². The molecule has 0 saturated carbocycles. The Hall–Kier alpha value is -2.08. The van der Waals surface area contributed by atoms with Crippen LogP contribution < -0.4 is 4.74 Å². The minimum atomic E-state index is -0.286. The van der Waals surface area contributed by atoms with E-state index in [1.807, 2.05) is 29.2 Å². The van der Waals surface area contributed by atoms with Crippen molar-refractivity contribution in [1.29, 1.82) is 0 Å². The van der Waals surface area contributed by atoms with Gasteiger partial charge in [-0.15, -0.1) is 0 Å². The van der Waals surface area contributed by atoms with Crippen LogP contribution in [0.4, 0.5) is 0 Å². The molecule has 2 aliphatic heterocycles. The number of hydrogen-bond acceptors (Lipinski definition) is 4. The zero-order valence-electron chi connectivity index (χ0n) is 16.6. The van der Waals surface area contributed by atoms with Gasteiger partial charge < -0.3 is 19.3 Å². The first-order valence-electron chi connectivity index (χ1n) is 9.76. The molecule has 6 heteroatoms. The van der Waals surface area contributed by atoms with Gasteiger partial charge in [0.25, 0.3) is 11.8 Å². The van der Waals surface area contributed by atoms with Crippen LogP contribution in [0.5, 0.6) is 5.75 Å². The first-order chi connectivity index (χ1) is 12.8. The number of piperazine rings is 1. The summed E-state index contributed by atoms with van der Waals surface area (Å²) in [6.07, 6.45) is 1.47. The minimum Gasteiger partial charge on any atom is -0.484 e. The van der Waals surface area contributed by atoms with Crippen molar-refractivity contribution in [3.8, 4) is 5.75 Å². The SMILES string of the molecule is CC(C)(C)c1ccc(OCC(=O)N2CCN(C(=O)C3CCCO3)CC2)cc1. The molecule has 2 saturated heterocycles. The summed E-state index contributed by atoms with van der Waals surface area (Å²) in [5.74, 6) is 0.720. The van der Waals surface area contributed by atoms with Gasteiger partial charge in [0.05, 0.1) is 0 Å². The van der Waals surface area contributed by atoms with E-state index in [0.29, 0.717) is 38.5 Å². The lowest BCUT2D eigenvalue weighted by molar-refractivity contribution is -0.146. The van der Waals surface area contributed by atoms with Crippen molar-refractivity contribution < 1.29 is 19.1 Å². The maximum absolute atomic E-state index is 12.4. The molecule has 3 rings (SSSR count). The van der Waals surface area contributed by atoms with E-state index in [0.717, 1.165) is 12.8 Å². The summed E-state index contributed by atoms with van der Waals surface area (Å²) in [5, 5.41) is 0. The third-order valence-electron chi connectivity index (χ3n) is 5.23. The molecule has 148 valence electrons. The Morgan fingerprint density at radius 3 is 2.26 bits per heavy atom. The molecule has 2 heterocycles. The van der Waals surface area contributed by atoms with Crippen molar-refractivity contribution >= 4 is 11.8 Å². The molecule has 1 aromatic rings. The zero-order chi connectivity index (χ0) is 19.4. The number of benzene rings is 1. The fraction of sp³-hybridized carbons (Fsp3) is 0.619. The molecule has 0 aromatic heterocycles. The lowest BCUT2D eigenvalue weighted by Crippen LogP contribution is -2.53. The van der Waals surface area contributed by atoms with Crippen LogP contribution in [0.15, 0.2) is 24.3 Å². The number of carbonyl (C=O) groups is 2. The highest BCUT2D eigenvalue weighted by Gasteiger charge is 2.31. The predicted molar refractivity (Wildman–Crippen MR) is 103 cm³/mol. The van der Waals surface area contributed by atoms with E-state index >= 15 is 0 Å². The Morgan fingerprint density at radius 1 is 1.07 bits per heavy atom. The molecule has 1 atom stereocenters. The molecule has 6 nitrogen and oxygen atoms in total. The van der Waals surface area contributed by atoms with Gasteiger partial charge in [-0.05, 0) is 36.0 Å². The second-order valence-electron chi connectivity index (χ2n) is 8.27. The molecule has 2 amide bonds. The second-order valence-corrected chi connectivity index (χ2v) is 8.27. The highest BCUT2D eigenvalue weighted by molar-refractivity contribution is 5.82. The van der Waals surface area contributed by atoms with Crippen molar-refractivity contribution in [2.45, 2.75) is 45.1 Å². The van der Waals surface area contributed by atoms with Crippen molar-refractivity contribution in [2.75, 3.05) is 39.4 Å². The fourth-order valence-electron chi connectivity index (χ4n) is 3.44. The number of nitrogens with zero attached hydrogens (tertiary/aromatic N) is 2. The van der Waals surface area contributed by atoms with E-state index in [1.54, 1.807) is 4.90 Å². The summed E-state index contributed by atoms with van der Waals surface area (Å²) in [4.78, 5) is 28.3.